The van der Waals surface area contributed by atoms with E-state index in [0.29, 0.717) is 6.61 Å². The smallest absolute Gasteiger partial charge is 0.329 e. The van der Waals surface area contributed by atoms with Crippen molar-refractivity contribution in [3.05, 3.63) is 108 Å². The lowest BCUT2D eigenvalue weighted by Crippen LogP contribution is -2.51. The average molecular weight is 451 g/mol. The van der Waals surface area contributed by atoms with Crippen molar-refractivity contribution in [3.63, 3.8) is 0 Å². The Kier molecular flexibility index (Phi) is 9.59. The highest BCUT2D eigenvalue weighted by atomic mass is 16.7. The van der Waals surface area contributed by atoms with Gasteiger partial charge in [0, 0.05) is 0 Å². The van der Waals surface area contributed by atoms with Crippen molar-refractivity contribution in [2.75, 3.05) is 13.2 Å². The number of hydrogen-bond acceptors (Lipinski definition) is 5. The maximum atomic E-state index is 11.2. The number of hydrogen-bond donors (Lipinski definition) is 1. The van der Waals surface area contributed by atoms with E-state index in [-0.39, 0.29) is 19.8 Å². The third-order valence-electron chi connectivity index (χ3n) is 5.14. The minimum Gasteiger partial charge on any atom is -0.480 e. The van der Waals surface area contributed by atoms with Crippen LogP contribution in [0.15, 0.2) is 91.0 Å². The van der Waals surface area contributed by atoms with Crippen molar-refractivity contribution in [2.24, 2.45) is 0 Å². The molecule has 0 aliphatic rings. The topological polar surface area (TPSA) is 74.2 Å². The molecule has 0 aromatic heterocycles. The number of carboxylic acid groups (broad SMARTS) is 1. The summed E-state index contributed by atoms with van der Waals surface area (Å²) in [4.78, 5) is 11.2. The lowest BCUT2D eigenvalue weighted by Gasteiger charge is -2.38. The van der Waals surface area contributed by atoms with E-state index in [1.807, 2.05) is 91.0 Å². The Morgan fingerprint density at radius 1 is 0.758 bits per heavy atom. The van der Waals surface area contributed by atoms with Crippen LogP contribution in [-0.4, -0.2) is 36.2 Å². The van der Waals surface area contributed by atoms with E-state index >= 15 is 0 Å². The maximum absolute atomic E-state index is 11.2. The maximum Gasteiger partial charge on any atom is 0.329 e. The van der Waals surface area contributed by atoms with Crippen LogP contribution in [0.1, 0.15) is 23.6 Å². The van der Waals surface area contributed by atoms with E-state index in [2.05, 4.69) is 0 Å². The molecule has 0 radical (unpaired) electrons. The highest BCUT2D eigenvalue weighted by molar-refractivity contribution is 5.68. The zero-order valence-corrected chi connectivity index (χ0v) is 18.8. The predicted molar refractivity (Wildman–Crippen MR) is 124 cm³/mol. The molecule has 0 amide bonds. The van der Waals surface area contributed by atoms with Crippen molar-refractivity contribution >= 4 is 5.97 Å². The molecule has 1 unspecified atom stereocenters. The van der Waals surface area contributed by atoms with Crippen molar-refractivity contribution < 1.29 is 28.8 Å². The second kappa shape index (κ2) is 12.9. The number of ether oxygens (including phenoxy) is 4. The number of benzene rings is 3. The normalized spacial score (nSPS) is 12.4. The van der Waals surface area contributed by atoms with Gasteiger partial charge in [-0.25, -0.2) is 4.79 Å². The van der Waals surface area contributed by atoms with Crippen LogP contribution in [0.3, 0.4) is 0 Å². The van der Waals surface area contributed by atoms with E-state index in [1.165, 1.54) is 0 Å². The van der Waals surface area contributed by atoms with Gasteiger partial charge in [-0.1, -0.05) is 91.0 Å². The van der Waals surface area contributed by atoms with E-state index < -0.39 is 24.5 Å². The summed E-state index contributed by atoms with van der Waals surface area (Å²) in [5.74, 6) is -2.39. The zero-order valence-electron chi connectivity index (χ0n) is 18.8. The lowest BCUT2D eigenvalue weighted by molar-refractivity contribution is -0.317. The molecule has 0 heterocycles. The summed E-state index contributed by atoms with van der Waals surface area (Å²) in [6.07, 6.45) is -0.711. The average Bonchev–Trinajstić information content (AvgIpc) is 2.86. The number of carboxylic acids is 1. The first kappa shape index (κ1) is 24.6. The van der Waals surface area contributed by atoms with E-state index in [1.54, 1.807) is 6.92 Å². The van der Waals surface area contributed by atoms with Gasteiger partial charge in [0.2, 0.25) is 5.79 Å². The fourth-order valence-corrected chi connectivity index (χ4v) is 3.25. The molecule has 0 bridgehead atoms. The van der Waals surface area contributed by atoms with Gasteiger partial charge >= 0.3 is 5.97 Å². The highest BCUT2D eigenvalue weighted by Crippen LogP contribution is 2.26. The Balaban J connectivity index is 1.80. The van der Waals surface area contributed by atoms with Gasteiger partial charge in [0.05, 0.1) is 19.8 Å². The number of aliphatic carboxylic acids is 1. The van der Waals surface area contributed by atoms with Crippen LogP contribution in [0.5, 0.6) is 0 Å². The van der Waals surface area contributed by atoms with Gasteiger partial charge in [-0.2, -0.15) is 0 Å². The molecule has 1 N–H and O–H groups in total. The van der Waals surface area contributed by atoms with Crippen LogP contribution >= 0.6 is 0 Å². The SMILES string of the molecule is CC(OCC(=O)O)C(COCc1ccccc1)(OCc1ccccc1)OCc1ccccc1. The van der Waals surface area contributed by atoms with Crippen LogP contribution < -0.4 is 0 Å². The molecule has 0 aliphatic carbocycles. The highest BCUT2D eigenvalue weighted by Gasteiger charge is 2.41. The summed E-state index contributed by atoms with van der Waals surface area (Å²) >= 11 is 0. The fourth-order valence-electron chi connectivity index (χ4n) is 3.25. The summed E-state index contributed by atoms with van der Waals surface area (Å²) < 4.78 is 24.2. The van der Waals surface area contributed by atoms with Gasteiger partial charge in [-0.3, -0.25) is 0 Å². The third kappa shape index (κ3) is 8.11. The summed E-state index contributed by atoms with van der Waals surface area (Å²) in [7, 11) is 0. The summed E-state index contributed by atoms with van der Waals surface area (Å²) in [6, 6.07) is 29.2. The van der Waals surface area contributed by atoms with Gasteiger partial charge in [0.15, 0.2) is 0 Å². The van der Waals surface area contributed by atoms with Crippen molar-refractivity contribution in [1.82, 2.24) is 0 Å². The fraction of sp³-hybridized carbons (Fsp3) is 0.296. The van der Waals surface area contributed by atoms with Gasteiger partial charge in [-0.15, -0.1) is 0 Å². The monoisotopic (exact) mass is 450 g/mol. The molecule has 6 heteroatoms. The minimum absolute atomic E-state index is 0.0579. The molecule has 6 nitrogen and oxygen atoms in total. The second-order valence-corrected chi connectivity index (χ2v) is 7.69. The quantitative estimate of drug-likeness (QED) is 0.355. The minimum atomic E-state index is -1.32. The van der Waals surface area contributed by atoms with Gasteiger partial charge in [0.25, 0.3) is 0 Å². The zero-order chi connectivity index (χ0) is 23.4. The van der Waals surface area contributed by atoms with Crippen LogP contribution in [0.25, 0.3) is 0 Å². The van der Waals surface area contributed by atoms with Crippen molar-refractivity contribution in [3.8, 4) is 0 Å². The molecule has 0 aliphatic heterocycles. The molecule has 33 heavy (non-hydrogen) atoms. The largest absolute Gasteiger partial charge is 0.480 e. The Hall–Kier alpha value is -3.03. The van der Waals surface area contributed by atoms with Crippen molar-refractivity contribution in [1.29, 1.82) is 0 Å². The Bertz CT molecular complexity index is 903. The third-order valence-corrected chi connectivity index (χ3v) is 5.14. The molecule has 3 aromatic carbocycles. The summed E-state index contributed by atoms with van der Waals surface area (Å²) in [6.45, 7) is 2.20. The number of rotatable bonds is 14. The molecule has 3 aromatic rings. The first-order chi connectivity index (χ1) is 16.1. The molecule has 0 saturated carbocycles. The lowest BCUT2D eigenvalue weighted by atomic mass is 10.1. The molecule has 174 valence electrons. The Morgan fingerprint density at radius 2 is 1.18 bits per heavy atom. The Morgan fingerprint density at radius 3 is 1.61 bits per heavy atom. The summed E-state index contributed by atoms with van der Waals surface area (Å²) in [5, 5.41) is 9.13. The van der Waals surface area contributed by atoms with Crippen LogP contribution in [-0.2, 0) is 43.6 Å². The first-order valence-corrected chi connectivity index (χ1v) is 10.9. The van der Waals surface area contributed by atoms with Crippen molar-refractivity contribution in [2.45, 2.75) is 38.6 Å². The molecule has 0 fully saturated rings. The van der Waals surface area contributed by atoms with Crippen LogP contribution in [0.2, 0.25) is 0 Å². The molecule has 0 saturated heterocycles. The van der Waals surface area contributed by atoms with Gasteiger partial charge in [0.1, 0.15) is 19.3 Å². The summed E-state index contributed by atoms with van der Waals surface area (Å²) in [5.41, 5.74) is 2.92. The molecule has 1 atom stereocenters. The van der Waals surface area contributed by atoms with Gasteiger partial charge in [-0.05, 0) is 23.6 Å². The van der Waals surface area contributed by atoms with Crippen LogP contribution in [0.4, 0.5) is 0 Å². The number of carbonyl (C=O) groups is 1. The molecule has 0 spiro atoms. The van der Waals surface area contributed by atoms with E-state index in [4.69, 9.17) is 24.1 Å². The molecule has 3 rings (SSSR count). The Labute approximate surface area is 194 Å². The van der Waals surface area contributed by atoms with Gasteiger partial charge < -0.3 is 24.1 Å². The molecular weight excluding hydrogens is 420 g/mol. The second-order valence-electron chi connectivity index (χ2n) is 7.69. The predicted octanol–water partition coefficient (Wildman–Crippen LogP) is 4.82. The van der Waals surface area contributed by atoms with Crippen LogP contribution in [0, 0.1) is 0 Å². The van der Waals surface area contributed by atoms with E-state index in [9.17, 15) is 4.79 Å². The standard InChI is InChI=1S/C27H30O6/c1-22(31-20-26(28)29)27(32-18-24-13-7-3-8-14-24,33-19-25-15-9-4-10-16-25)21-30-17-23-11-5-2-6-12-23/h2-16,22H,17-21H2,1H3,(H,28,29). The first-order valence-electron chi connectivity index (χ1n) is 10.9. The molecular formula is C27H30O6. The van der Waals surface area contributed by atoms with E-state index in [0.717, 1.165) is 16.7 Å².